The van der Waals surface area contributed by atoms with Gasteiger partial charge in [0.2, 0.25) is 0 Å². The van der Waals surface area contributed by atoms with Crippen LogP contribution in [-0.2, 0) is 6.42 Å². The molecule has 0 saturated carbocycles. The van der Waals surface area contributed by atoms with Crippen molar-refractivity contribution in [2.45, 2.75) is 19.8 Å². The minimum absolute atomic E-state index is 0.168. The van der Waals surface area contributed by atoms with Gasteiger partial charge in [0, 0.05) is 12.1 Å². The quantitative estimate of drug-likeness (QED) is 0.724. The van der Waals surface area contributed by atoms with E-state index in [1.54, 1.807) is 6.92 Å². The molecule has 1 aromatic heterocycles. The van der Waals surface area contributed by atoms with Gasteiger partial charge in [0.1, 0.15) is 11.5 Å². The Hall–Kier alpha value is -0.970. The zero-order valence-electron chi connectivity index (χ0n) is 6.77. The molecule has 0 fully saturated rings. The molecule has 0 aliphatic rings. The highest BCUT2D eigenvalue weighted by Gasteiger charge is 2.15. The van der Waals surface area contributed by atoms with Crippen LogP contribution in [0.1, 0.15) is 23.6 Å². The summed E-state index contributed by atoms with van der Waals surface area (Å²) in [5.41, 5.74) is 5.50. The standard InChI is InChI=1S/C7H11F2N3/c1-4-6(7(8)9)12-5(11-4)2-3-10/h7H,2-3,10H2,1H3,(H,11,12). The molecule has 0 amide bonds. The first-order valence-corrected chi connectivity index (χ1v) is 3.68. The number of nitrogens with two attached hydrogens (primary N) is 1. The first-order chi connectivity index (χ1) is 5.65. The summed E-state index contributed by atoms with van der Waals surface area (Å²) in [5, 5.41) is 0. The Morgan fingerprint density at radius 3 is 2.67 bits per heavy atom. The van der Waals surface area contributed by atoms with Crippen molar-refractivity contribution in [3.8, 4) is 0 Å². The van der Waals surface area contributed by atoms with Gasteiger partial charge in [-0.1, -0.05) is 0 Å². The van der Waals surface area contributed by atoms with E-state index in [0.717, 1.165) is 0 Å². The van der Waals surface area contributed by atoms with Crippen LogP contribution in [0.15, 0.2) is 0 Å². The van der Waals surface area contributed by atoms with Crippen molar-refractivity contribution in [3.63, 3.8) is 0 Å². The predicted molar refractivity (Wildman–Crippen MR) is 41.0 cm³/mol. The molecule has 1 rings (SSSR count). The van der Waals surface area contributed by atoms with E-state index in [1.165, 1.54) is 0 Å². The molecule has 0 saturated heterocycles. The van der Waals surface area contributed by atoms with Crippen molar-refractivity contribution >= 4 is 0 Å². The van der Waals surface area contributed by atoms with Crippen LogP contribution in [0.4, 0.5) is 8.78 Å². The van der Waals surface area contributed by atoms with Crippen LogP contribution in [0.25, 0.3) is 0 Å². The van der Waals surface area contributed by atoms with Gasteiger partial charge in [-0.05, 0) is 13.5 Å². The Morgan fingerprint density at radius 2 is 2.25 bits per heavy atom. The minimum Gasteiger partial charge on any atom is -0.346 e. The molecule has 12 heavy (non-hydrogen) atoms. The van der Waals surface area contributed by atoms with Gasteiger partial charge in [-0.2, -0.15) is 0 Å². The highest BCUT2D eigenvalue weighted by Crippen LogP contribution is 2.19. The summed E-state index contributed by atoms with van der Waals surface area (Å²) in [4.78, 5) is 6.47. The van der Waals surface area contributed by atoms with Gasteiger partial charge < -0.3 is 10.7 Å². The average Bonchev–Trinajstić information content (AvgIpc) is 2.32. The lowest BCUT2D eigenvalue weighted by Gasteiger charge is -1.92. The van der Waals surface area contributed by atoms with Crippen LogP contribution in [0.5, 0.6) is 0 Å². The third-order valence-corrected chi connectivity index (χ3v) is 1.56. The van der Waals surface area contributed by atoms with Crippen LogP contribution in [0.3, 0.4) is 0 Å². The van der Waals surface area contributed by atoms with Crippen molar-refractivity contribution in [2.75, 3.05) is 6.54 Å². The maximum Gasteiger partial charge on any atom is 0.282 e. The van der Waals surface area contributed by atoms with Gasteiger partial charge in [-0.3, -0.25) is 0 Å². The summed E-state index contributed by atoms with van der Waals surface area (Å²) in [5.74, 6) is 0.533. The molecule has 0 aliphatic heterocycles. The number of hydrogen-bond donors (Lipinski definition) is 2. The van der Waals surface area contributed by atoms with Crippen LogP contribution in [0.2, 0.25) is 0 Å². The van der Waals surface area contributed by atoms with E-state index >= 15 is 0 Å². The lowest BCUT2D eigenvalue weighted by molar-refractivity contribution is 0.145. The molecular weight excluding hydrogens is 164 g/mol. The number of aromatic amines is 1. The number of aromatic nitrogens is 2. The van der Waals surface area contributed by atoms with E-state index < -0.39 is 6.43 Å². The maximum absolute atomic E-state index is 12.2. The van der Waals surface area contributed by atoms with Crippen molar-refractivity contribution in [1.29, 1.82) is 0 Å². The van der Waals surface area contributed by atoms with Crippen LogP contribution in [0, 0.1) is 6.92 Å². The fourth-order valence-corrected chi connectivity index (χ4v) is 1.01. The van der Waals surface area contributed by atoms with Crippen molar-refractivity contribution < 1.29 is 8.78 Å². The normalized spacial score (nSPS) is 11.1. The zero-order valence-corrected chi connectivity index (χ0v) is 6.77. The molecule has 0 aromatic carbocycles. The Kier molecular flexibility index (Phi) is 2.75. The summed E-state index contributed by atoms with van der Waals surface area (Å²) >= 11 is 0. The number of hydrogen-bond acceptors (Lipinski definition) is 2. The number of imidazole rings is 1. The number of halogens is 2. The Morgan fingerprint density at radius 1 is 1.58 bits per heavy atom. The fraction of sp³-hybridized carbons (Fsp3) is 0.571. The molecule has 0 radical (unpaired) electrons. The largest absolute Gasteiger partial charge is 0.346 e. The molecule has 1 heterocycles. The highest BCUT2D eigenvalue weighted by atomic mass is 19.3. The first-order valence-electron chi connectivity index (χ1n) is 3.68. The smallest absolute Gasteiger partial charge is 0.282 e. The number of rotatable bonds is 3. The molecule has 0 aliphatic carbocycles. The molecule has 0 atom stereocenters. The second kappa shape index (κ2) is 3.62. The number of aryl methyl sites for hydroxylation is 1. The van der Waals surface area contributed by atoms with Crippen molar-refractivity contribution in [2.24, 2.45) is 5.73 Å². The van der Waals surface area contributed by atoms with E-state index in [0.29, 0.717) is 24.5 Å². The van der Waals surface area contributed by atoms with Gasteiger partial charge in [-0.15, -0.1) is 0 Å². The molecule has 5 heteroatoms. The molecule has 0 bridgehead atoms. The van der Waals surface area contributed by atoms with E-state index in [9.17, 15) is 8.78 Å². The van der Waals surface area contributed by atoms with Gasteiger partial charge in [0.15, 0.2) is 0 Å². The van der Waals surface area contributed by atoms with E-state index in [-0.39, 0.29) is 5.69 Å². The average molecular weight is 175 g/mol. The van der Waals surface area contributed by atoms with Gasteiger partial charge in [0.05, 0.1) is 0 Å². The highest BCUT2D eigenvalue weighted by molar-refractivity contribution is 5.14. The monoisotopic (exact) mass is 175 g/mol. The Bertz CT molecular complexity index is 257. The second-order valence-electron chi connectivity index (χ2n) is 2.53. The summed E-state index contributed by atoms with van der Waals surface area (Å²) in [6.07, 6.45) is -2.00. The van der Waals surface area contributed by atoms with Crippen LogP contribution < -0.4 is 5.73 Å². The minimum atomic E-state index is -2.51. The second-order valence-corrected chi connectivity index (χ2v) is 2.53. The fourth-order valence-electron chi connectivity index (χ4n) is 1.01. The third-order valence-electron chi connectivity index (χ3n) is 1.56. The Balaban J connectivity index is 2.85. The van der Waals surface area contributed by atoms with Crippen LogP contribution >= 0.6 is 0 Å². The molecular formula is C7H11F2N3. The lowest BCUT2D eigenvalue weighted by Crippen LogP contribution is -2.04. The van der Waals surface area contributed by atoms with Crippen molar-refractivity contribution in [1.82, 2.24) is 9.97 Å². The summed E-state index contributed by atoms with van der Waals surface area (Å²) in [7, 11) is 0. The molecule has 0 spiro atoms. The van der Waals surface area contributed by atoms with Gasteiger partial charge in [-0.25, -0.2) is 13.8 Å². The zero-order chi connectivity index (χ0) is 9.14. The van der Waals surface area contributed by atoms with E-state index in [4.69, 9.17) is 5.73 Å². The number of H-pyrrole nitrogens is 1. The van der Waals surface area contributed by atoms with Crippen LogP contribution in [-0.4, -0.2) is 16.5 Å². The first kappa shape index (κ1) is 9.12. The number of nitrogens with one attached hydrogen (secondary N) is 1. The summed E-state index contributed by atoms with van der Waals surface area (Å²) in [6, 6.07) is 0. The summed E-state index contributed by atoms with van der Waals surface area (Å²) < 4.78 is 24.3. The van der Waals surface area contributed by atoms with Gasteiger partial charge in [0.25, 0.3) is 6.43 Å². The number of alkyl halides is 2. The molecule has 68 valence electrons. The summed E-state index contributed by atoms with van der Waals surface area (Å²) in [6.45, 7) is 1.99. The SMILES string of the molecule is Cc1[nH]c(CCN)nc1C(F)F. The maximum atomic E-state index is 12.2. The molecule has 0 unspecified atom stereocenters. The number of nitrogens with zero attached hydrogens (tertiary/aromatic N) is 1. The predicted octanol–water partition coefficient (Wildman–Crippen LogP) is 1.16. The van der Waals surface area contributed by atoms with E-state index in [1.807, 2.05) is 0 Å². The molecule has 1 aromatic rings. The van der Waals surface area contributed by atoms with Gasteiger partial charge >= 0.3 is 0 Å². The topological polar surface area (TPSA) is 54.7 Å². The Labute approximate surface area is 69.0 Å². The molecule has 3 nitrogen and oxygen atoms in total. The van der Waals surface area contributed by atoms with Crippen molar-refractivity contribution in [3.05, 3.63) is 17.2 Å². The molecule has 3 N–H and O–H groups in total. The third kappa shape index (κ3) is 1.79. The lowest BCUT2D eigenvalue weighted by atomic mass is 10.4. The van der Waals surface area contributed by atoms with E-state index in [2.05, 4.69) is 9.97 Å².